The molecule has 3 nitrogen and oxygen atoms in total. The molecule has 0 aliphatic rings. The van der Waals surface area contributed by atoms with E-state index in [1.54, 1.807) is 6.20 Å². The van der Waals surface area contributed by atoms with Crippen LogP contribution in [0, 0.1) is 5.41 Å². The Hall–Kier alpha value is -0.930. The normalized spacial score (nSPS) is 13.8. The first kappa shape index (κ1) is 13.1. The van der Waals surface area contributed by atoms with Crippen molar-refractivity contribution < 1.29 is 5.11 Å². The second kappa shape index (κ2) is 5.97. The van der Waals surface area contributed by atoms with Crippen molar-refractivity contribution in [1.29, 1.82) is 0 Å². The standard InChI is InChI=1S/C13H22N2O/c1-13(2,3)8-12(10-16)15-9-11-6-4-5-7-14-11/h4-7,12,15-16H,8-10H2,1-3H3/t12-/m1/s1. The van der Waals surface area contributed by atoms with Gasteiger partial charge in [-0.1, -0.05) is 26.8 Å². The van der Waals surface area contributed by atoms with E-state index in [4.69, 9.17) is 0 Å². The predicted octanol–water partition coefficient (Wildman–Crippen LogP) is 1.97. The van der Waals surface area contributed by atoms with Gasteiger partial charge in [-0.25, -0.2) is 0 Å². The van der Waals surface area contributed by atoms with Crippen LogP contribution < -0.4 is 5.32 Å². The lowest BCUT2D eigenvalue weighted by Gasteiger charge is -2.25. The Morgan fingerprint density at radius 2 is 2.12 bits per heavy atom. The van der Waals surface area contributed by atoms with Crippen LogP contribution >= 0.6 is 0 Å². The van der Waals surface area contributed by atoms with Crippen molar-refractivity contribution in [2.75, 3.05) is 6.61 Å². The van der Waals surface area contributed by atoms with Crippen molar-refractivity contribution in [1.82, 2.24) is 10.3 Å². The van der Waals surface area contributed by atoms with E-state index >= 15 is 0 Å². The number of nitrogens with one attached hydrogen (secondary N) is 1. The lowest BCUT2D eigenvalue weighted by Crippen LogP contribution is -2.35. The summed E-state index contributed by atoms with van der Waals surface area (Å²) in [4.78, 5) is 4.24. The zero-order chi connectivity index (χ0) is 12.0. The maximum Gasteiger partial charge on any atom is 0.0584 e. The number of aliphatic hydroxyl groups excluding tert-OH is 1. The summed E-state index contributed by atoms with van der Waals surface area (Å²) in [6.45, 7) is 7.42. The van der Waals surface area contributed by atoms with Crippen LogP contribution in [0.5, 0.6) is 0 Å². The molecule has 0 bridgehead atoms. The fraction of sp³-hybridized carbons (Fsp3) is 0.615. The number of aromatic nitrogens is 1. The van der Waals surface area contributed by atoms with Gasteiger partial charge in [0.15, 0.2) is 0 Å². The third-order valence-electron chi connectivity index (χ3n) is 2.38. The Labute approximate surface area is 97.9 Å². The summed E-state index contributed by atoms with van der Waals surface area (Å²) < 4.78 is 0. The van der Waals surface area contributed by atoms with Gasteiger partial charge in [-0.05, 0) is 24.0 Å². The van der Waals surface area contributed by atoms with E-state index in [0.29, 0.717) is 6.54 Å². The van der Waals surface area contributed by atoms with Crippen molar-refractivity contribution in [3.63, 3.8) is 0 Å². The fourth-order valence-electron chi connectivity index (χ4n) is 1.69. The summed E-state index contributed by atoms with van der Waals surface area (Å²) in [5.74, 6) is 0. The van der Waals surface area contributed by atoms with E-state index in [1.807, 2.05) is 18.2 Å². The molecule has 90 valence electrons. The molecule has 1 rings (SSSR count). The number of rotatable bonds is 5. The number of hydrogen-bond acceptors (Lipinski definition) is 3. The Balaban J connectivity index is 2.40. The first-order chi connectivity index (χ1) is 7.51. The van der Waals surface area contributed by atoms with E-state index in [9.17, 15) is 5.11 Å². The largest absolute Gasteiger partial charge is 0.395 e. The highest BCUT2D eigenvalue weighted by molar-refractivity contribution is 5.03. The molecule has 0 fully saturated rings. The molecule has 0 aliphatic heterocycles. The third kappa shape index (κ3) is 5.24. The average Bonchev–Trinajstić information content (AvgIpc) is 2.24. The zero-order valence-corrected chi connectivity index (χ0v) is 10.4. The molecule has 0 saturated carbocycles. The van der Waals surface area contributed by atoms with Crippen molar-refractivity contribution in [3.05, 3.63) is 30.1 Å². The predicted molar refractivity (Wildman–Crippen MR) is 66.0 cm³/mol. The Kier molecular flexibility index (Phi) is 4.90. The molecule has 3 heteroatoms. The van der Waals surface area contributed by atoms with Crippen molar-refractivity contribution in [2.24, 2.45) is 5.41 Å². The zero-order valence-electron chi connectivity index (χ0n) is 10.4. The number of nitrogens with zero attached hydrogens (tertiary/aromatic N) is 1. The van der Waals surface area contributed by atoms with Crippen LogP contribution in [0.4, 0.5) is 0 Å². The SMILES string of the molecule is CC(C)(C)C[C@H](CO)NCc1ccccn1. The van der Waals surface area contributed by atoms with Crippen LogP contribution in [-0.4, -0.2) is 22.7 Å². The smallest absolute Gasteiger partial charge is 0.0584 e. The summed E-state index contributed by atoms with van der Waals surface area (Å²) in [5, 5.41) is 12.6. The number of pyridine rings is 1. The molecule has 1 heterocycles. The molecule has 0 amide bonds. The van der Waals surface area contributed by atoms with Crippen LogP contribution in [0.1, 0.15) is 32.9 Å². The summed E-state index contributed by atoms with van der Waals surface area (Å²) in [6, 6.07) is 6.00. The molecule has 1 aromatic rings. The molecule has 0 unspecified atom stereocenters. The van der Waals surface area contributed by atoms with Gasteiger partial charge in [-0.3, -0.25) is 4.98 Å². The van der Waals surface area contributed by atoms with Crippen molar-refractivity contribution >= 4 is 0 Å². The third-order valence-corrected chi connectivity index (χ3v) is 2.38. The molecule has 0 aliphatic carbocycles. The van der Waals surface area contributed by atoms with Crippen molar-refractivity contribution in [2.45, 2.75) is 39.8 Å². The number of aliphatic hydroxyl groups is 1. The summed E-state index contributed by atoms with van der Waals surface area (Å²) >= 11 is 0. The maximum absolute atomic E-state index is 9.28. The van der Waals surface area contributed by atoms with Gasteiger partial charge in [0, 0.05) is 18.8 Å². The van der Waals surface area contributed by atoms with Crippen LogP contribution in [0.2, 0.25) is 0 Å². The van der Waals surface area contributed by atoms with Crippen LogP contribution in [0.15, 0.2) is 24.4 Å². The Morgan fingerprint density at radius 3 is 2.62 bits per heavy atom. The first-order valence-electron chi connectivity index (χ1n) is 5.75. The highest BCUT2D eigenvalue weighted by Gasteiger charge is 2.17. The fourth-order valence-corrected chi connectivity index (χ4v) is 1.69. The highest BCUT2D eigenvalue weighted by atomic mass is 16.3. The van der Waals surface area contributed by atoms with Gasteiger partial charge in [0.2, 0.25) is 0 Å². The molecular weight excluding hydrogens is 200 g/mol. The van der Waals surface area contributed by atoms with Gasteiger partial charge in [-0.2, -0.15) is 0 Å². The van der Waals surface area contributed by atoms with Gasteiger partial charge < -0.3 is 10.4 Å². The molecule has 0 radical (unpaired) electrons. The second-order valence-corrected chi connectivity index (χ2v) is 5.35. The Bertz CT molecular complexity index is 293. The maximum atomic E-state index is 9.28. The lowest BCUT2D eigenvalue weighted by molar-refractivity contribution is 0.197. The quantitative estimate of drug-likeness (QED) is 0.800. The van der Waals surface area contributed by atoms with Gasteiger partial charge in [0.25, 0.3) is 0 Å². The van der Waals surface area contributed by atoms with Crippen LogP contribution in [0.3, 0.4) is 0 Å². The average molecular weight is 222 g/mol. The van der Waals surface area contributed by atoms with Crippen LogP contribution in [0.25, 0.3) is 0 Å². The monoisotopic (exact) mass is 222 g/mol. The van der Waals surface area contributed by atoms with Gasteiger partial charge in [-0.15, -0.1) is 0 Å². The van der Waals surface area contributed by atoms with Crippen molar-refractivity contribution in [3.8, 4) is 0 Å². The highest BCUT2D eigenvalue weighted by Crippen LogP contribution is 2.20. The van der Waals surface area contributed by atoms with E-state index in [2.05, 4.69) is 31.1 Å². The molecule has 0 saturated heterocycles. The minimum absolute atomic E-state index is 0.141. The first-order valence-corrected chi connectivity index (χ1v) is 5.75. The molecule has 1 aromatic heterocycles. The van der Waals surface area contributed by atoms with E-state index in [1.165, 1.54) is 0 Å². The summed E-state index contributed by atoms with van der Waals surface area (Å²) in [5.41, 5.74) is 1.24. The topological polar surface area (TPSA) is 45.1 Å². The number of hydrogen-bond donors (Lipinski definition) is 2. The minimum Gasteiger partial charge on any atom is -0.395 e. The van der Waals surface area contributed by atoms with E-state index in [0.717, 1.165) is 12.1 Å². The minimum atomic E-state index is 0.141. The summed E-state index contributed by atoms with van der Waals surface area (Å²) in [6.07, 6.45) is 2.74. The molecule has 0 aromatic carbocycles. The van der Waals surface area contributed by atoms with Gasteiger partial charge in [0.1, 0.15) is 0 Å². The molecule has 1 atom stereocenters. The van der Waals surface area contributed by atoms with E-state index < -0.39 is 0 Å². The second-order valence-electron chi connectivity index (χ2n) is 5.35. The molecule has 16 heavy (non-hydrogen) atoms. The van der Waals surface area contributed by atoms with Gasteiger partial charge in [0.05, 0.1) is 12.3 Å². The van der Waals surface area contributed by atoms with Gasteiger partial charge >= 0.3 is 0 Å². The molecule has 2 N–H and O–H groups in total. The lowest BCUT2D eigenvalue weighted by atomic mass is 9.88. The van der Waals surface area contributed by atoms with Crippen LogP contribution in [-0.2, 0) is 6.54 Å². The summed E-state index contributed by atoms with van der Waals surface area (Å²) in [7, 11) is 0. The van der Waals surface area contributed by atoms with E-state index in [-0.39, 0.29) is 18.1 Å². The molecule has 0 spiro atoms. The Morgan fingerprint density at radius 1 is 1.38 bits per heavy atom. The molecular formula is C13H22N2O.